The second kappa shape index (κ2) is 10.6. The molecule has 166 valence electrons. The van der Waals surface area contributed by atoms with Gasteiger partial charge in [0.2, 0.25) is 11.7 Å². The van der Waals surface area contributed by atoms with E-state index in [1.165, 1.54) is 0 Å². The zero-order chi connectivity index (χ0) is 23.0. The minimum atomic E-state index is -0.521. The van der Waals surface area contributed by atoms with Gasteiger partial charge in [-0.3, -0.25) is 9.59 Å². The third-order valence-electron chi connectivity index (χ3n) is 4.94. The van der Waals surface area contributed by atoms with Crippen molar-refractivity contribution in [3.63, 3.8) is 0 Å². The van der Waals surface area contributed by atoms with Gasteiger partial charge in [-0.05, 0) is 23.3 Å². The summed E-state index contributed by atoms with van der Waals surface area (Å²) >= 11 is 5.97. The maximum Gasteiger partial charge on any atom is 0.316 e. The Bertz CT molecular complexity index is 1190. The minimum absolute atomic E-state index is 0.150. The number of nitrogens with one attached hydrogen (secondary N) is 2. The Morgan fingerprint density at radius 2 is 1.48 bits per heavy atom. The largest absolute Gasteiger partial charge is 0.354 e. The smallest absolute Gasteiger partial charge is 0.316 e. The van der Waals surface area contributed by atoms with Crippen LogP contribution in [0.3, 0.4) is 0 Å². The molecular weight excluding hydrogens is 440 g/mol. The van der Waals surface area contributed by atoms with Crippen molar-refractivity contribution in [3.8, 4) is 11.4 Å². The summed E-state index contributed by atoms with van der Waals surface area (Å²) in [5, 5.41) is 9.91. The fraction of sp³-hybridized carbons (Fsp3) is 0.120. The van der Waals surface area contributed by atoms with Gasteiger partial charge < -0.3 is 15.2 Å². The number of hydrogen-bond donors (Lipinski definition) is 2. The summed E-state index contributed by atoms with van der Waals surface area (Å²) in [6, 6.07) is 26.1. The van der Waals surface area contributed by atoms with Crippen molar-refractivity contribution in [2.24, 2.45) is 0 Å². The quantitative estimate of drug-likeness (QED) is 0.386. The van der Waals surface area contributed by atoms with E-state index in [-0.39, 0.29) is 30.7 Å². The van der Waals surface area contributed by atoms with E-state index >= 15 is 0 Å². The third-order valence-corrected chi connectivity index (χ3v) is 5.18. The minimum Gasteiger partial charge on any atom is -0.354 e. The van der Waals surface area contributed by atoms with E-state index in [0.717, 1.165) is 11.1 Å². The second-order valence-electron chi connectivity index (χ2n) is 7.23. The van der Waals surface area contributed by atoms with Crippen molar-refractivity contribution in [1.82, 2.24) is 20.8 Å². The molecular formula is C25H21ClN4O3. The van der Waals surface area contributed by atoms with E-state index in [2.05, 4.69) is 20.8 Å². The van der Waals surface area contributed by atoms with Gasteiger partial charge in [0.15, 0.2) is 0 Å². The van der Waals surface area contributed by atoms with Gasteiger partial charge in [-0.15, -0.1) is 0 Å². The zero-order valence-electron chi connectivity index (χ0n) is 17.6. The van der Waals surface area contributed by atoms with Gasteiger partial charge in [0.1, 0.15) is 0 Å². The van der Waals surface area contributed by atoms with Gasteiger partial charge in [-0.25, -0.2) is 0 Å². The summed E-state index contributed by atoms with van der Waals surface area (Å²) in [6.07, 6.45) is 0. The van der Waals surface area contributed by atoms with E-state index in [1.54, 1.807) is 24.3 Å². The SMILES string of the molecule is O=C(NCCNC(=O)C(c1ccccc1)c1ccccc1)c1nc(-c2cccc(Cl)c2)no1. The van der Waals surface area contributed by atoms with Crippen molar-refractivity contribution in [2.45, 2.75) is 5.92 Å². The normalized spacial score (nSPS) is 10.7. The lowest BCUT2D eigenvalue weighted by Gasteiger charge is -2.18. The van der Waals surface area contributed by atoms with E-state index in [9.17, 15) is 9.59 Å². The molecule has 7 nitrogen and oxygen atoms in total. The molecule has 4 rings (SSSR count). The predicted molar refractivity (Wildman–Crippen MR) is 125 cm³/mol. The van der Waals surface area contributed by atoms with Crippen LogP contribution in [0.5, 0.6) is 0 Å². The summed E-state index contributed by atoms with van der Waals surface area (Å²) in [6.45, 7) is 0.450. The molecule has 0 fully saturated rings. The number of nitrogens with zero attached hydrogens (tertiary/aromatic N) is 2. The molecule has 8 heteroatoms. The average molecular weight is 461 g/mol. The highest BCUT2D eigenvalue weighted by molar-refractivity contribution is 6.30. The Balaban J connectivity index is 1.33. The number of aromatic nitrogens is 2. The van der Waals surface area contributed by atoms with Crippen molar-refractivity contribution in [3.05, 3.63) is 107 Å². The summed E-state index contributed by atoms with van der Waals surface area (Å²) in [4.78, 5) is 29.4. The lowest BCUT2D eigenvalue weighted by Crippen LogP contribution is -2.37. The molecule has 0 unspecified atom stereocenters. The number of benzene rings is 3. The van der Waals surface area contributed by atoms with Crippen molar-refractivity contribution < 1.29 is 14.1 Å². The van der Waals surface area contributed by atoms with Crippen LogP contribution >= 0.6 is 11.6 Å². The van der Waals surface area contributed by atoms with Crippen LogP contribution in [0.25, 0.3) is 11.4 Å². The van der Waals surface area contributed by atoms with Gasteiger partial charge >= 0.3 is 11.8 Å². The van der Waals surface area contributed by atoms with Crippen LogP contribution in [0.15, 0.2) is 89.5 Å². The molecule has 0 aliphatic rings. The number of carbonyl (C=O) groups excluding carboxylic acids is 2. The van der Waals surface area contributed by atoms with Crippen LogP contribution in [0, 0.1) is 0 Å². The maximum absolute atomic E-state index is 13.0. The standard InChI is InChI=1S/C25H21ClN4O3/c26-20-13-7-12-19(16-20)22-29-25(33-30-22)24(32)28-15-14-27-23(31)21(17-8-3-1-4-9-17)18-10-5-2-6-11-18/h1-13,16,21H,14-15H2,(H,27,31)(H,28,32). The molecule has 4 aromatic rings. The van der Waals surface area contributed by atoms with Crippen LogP contribution in [0.4, 0.5) is 0 Å². The monoisotopic (exact) mass is 460 g/mol. The molecule has 0 saturated carbocycles. The molecule has 0 aliphatic carbocycles. The summed E-state index contributed by atoms with van der Waals surface area (Å²) < 4.78 is 5.05. The molecule has 0 saturated heterocycles. The van der Waals surface area contributed by atoms with E-state index < -0.39 is 11.8 Å². The van der Waals surface area contributed by atoms with Crippen molar-refractivity contribution >= 4 is 23.4 Å². The van der Waals surface area contributed by atoms with Crippen LogP contribution in [-0.2, 0) is 4.79 Å². The van der Waals surface area contributed by atoms with Crippen molar-refractivity contribution in [1.29, 1.82) is 0 Å². The molecule has 0 radical (unpaired) electrons. The first-order valence-electron chi connectivity index (χ1n) is 10.4. The Hall–Kier alpha value is -3.97. The van der Waals surface area contributed by atoms with E-state index in [4.69, 9.17) is 16.1 Å². The first-order chi connectivity index (χ1) is 16.1. The maximum atomic E-state index is 13.0. The van der Waals surface area contributed by atoms with Crippen LogP contribution in [-0.4, -0.2) is 35.0 Å². The van der Waals surface area contributed by atoms with Crippen LogP contribution < -0.4 is 10.6 Å². The lowest BCUT2D eigenvalue weighted by molar-refractivity contribution is -0.121. The third kappa shape index (κ3) is 5.64. The highest BCUT2D eigenvalue weighted by atomic mass is 35.5. The lowest BCUT2D eigenvalue weighted by atomic mass is 9.90. The molecule has 3 aromatic carbocycles. The number of amides is 2. The highest BCUT2D eigenvalue weighted by Crippen LogP contribution is 2.24. The molecule has 1 aromatic heterocycles. The second-order valence-corrected chi connectivity index (χ2v) is 7.67. The first kappa shape index (κ1) is 22.2. The average Bonchev–Trinajstić information content (AvgIpc) is 3.34. The van der Waals surface area contributed by atoms with Gasteiger partial charge in [0.05, 0.1) is 5.92 Å². The number of halogens is 1. The molecule has 0 spiro atoms. The molecule has 0 aliphatic heterocycles. The Kier molecular flexibility index (Phi) is 7.12. The molecule has 2 amide bonds. The fourth-order valence-electron chi connectivity index (χ4n) is 3.39. The topological polar surface area (TPSA) is 97.1 Å². The van der Waals surface area contributed by atoms with Crippen molar-refractivity contribution in [2.75, 3.05) is 13.1 Å². The van der Waals surface area contributed by atoms with Crippen LogP contribution in [0.2, 0.25) is 5.02 Å². The van der Waals surface area contributed by atoms with Gasteiger partial charge in [0.25, 0.3) is 0 Å². The number of carbonyl (C=O) groups is 2. The summed E-state index contributed by atoms with van der Waals surface area (Å²) in [5.74, 6) is -1.01. The number of hydrogen-bond acceptors (Lipinski definition) is 5. The van der Waals surface area contributed by atoms with Crippen LogP contribution in [0.1, 0.15) is 27.7 Å². The van der Waals surface area contributed by atoms with Gasteiger partial charge in [0, 0.05) is 23.7 Å². The molecule has 0 atom stereocenters. The first-order valence-corrected chi connectivity index (χ1v) is 10.7. The molecule has 2 N–H and O–H groups in total. The predicted octanol–water partition coefficient (Wildman–Crippen LogP) is 4.07. The highest BCUT2D eigenvalue weighted by Gasteiger charge is 2.22. The van der Waals surface area contributed by atoms with E-state index in [1.807, 2.05) is 60.7 Å². The Morgan fingerprint density at radius 1 is 0.848 bits per heavy atom. The Morgan fingerprint density at radius 3 is 2.12 bits per heavy atom. The van der Waals surface area contributed by atoms with Gasteiger partial charge in [-0.1, -0.05) is 89.6 Å². The summed E-state index contributed by atoms with van der Waals surface area (Å²) in [5.41, 5.74) is 2.43. The molecule has 33 heavy (non-hydrogen) atoms. The fourth-order valence-corrected chi connectivity index (χ4v) is 3.58. The summed E-state index contributed by atoms with van der Waals surface area (Å²) in [7, 11) is 0. The van der Waals surface area contributed by atoms with E-state index in [0.29, 0.717) is 10.6 Å². The number of rotatable bonds is 8. The Labute approximate surface area is 195 Å². The molecule has 1 heterocycles. The molecule has 0 bridgehead atoms. The van der Waals surface area contributed by atoms with Gasteiger partial charge in [-0.2, -0.15) is 4.98 Å². The zero-order valence-corrected chi connectivity index (χ0v) is 18.3.